The highest BCUT2D eigenvalue weighted by molar-refractivity contribution is 7.89. The molecule has 0 unspecified atom stereocenters. The highest BCUT2D eigenvalue weighted by Crippen LogP contribution is 2.20. The predicted molar refractivity (Wildman–Crippen MR) is 79.3 cm³/mol. The number of rotatable bonds is 6. The lowest BCUT2D eigenvalue weighted by molar-refractivity contribution is 0.0335. The van der Waals surface area contributed by atoms with Crippen LogP contribution in [0.4, 0.5) is 0 Å². The van der Waals surface area contributed by atoms with Crippen molar-refractivity contribution in [3.63, 3.8) is 0 Å². The third kappa shape index (κ3) is 5.74. The van der Waals surface area contributed by atoms with Gasteiger partial charge >= 0.3 is 5.97 Å². The van der Waals surface area contributed by atoms with E-state index in [-0.39, 0.29) is 17.1 Å². The van der Waals surface area contributed by atoms with Crippen molar-refractivity contribution in [3.05, 3.63) is 35.4 Å². The van der Waals surface area contributed by atoms with Crippen LogP contribution in [-0.2, 0) is 20.3 Å². The zero-order valence-corrected chi connectivity index (χ0v) is 13.3. The number of benzene rings is 1. The van der Waals surface area contributed by atoms with Crippen LogP contribution in [0.2, 0.25) is 0 Å². The van der Waals surface area contributed by atoms with Gasteiger partial charge in [0.2, 0.25) is 0 Å². The molecule has 1 aromatic carbocycles. The van der Waals surface area contributed by atoms with Crippen molar-refractivity contribution in [2.24, 2.45) is 5.41 Å². The van der Waals surface area contributed by atoms with Crippen molar-refractivity contribution in [2.45, 2.75) is 32.9 Å². The fourth-order valence-corrected chi connectivity index (χ4v) is 2.28. The van der Waals surface area contributed by atoms with E-state index in [2.05, 4.69) is 0 Å². The third-order valence-corrected chi connectivity index (χ3v) is 4.03. The molecule has 0 saturated heterocycles. The first-order valence-corrected chi connectivity index (χ1v) is 8.63. The van der Waals surface area contributed by atoms with Crippen LogP contribution in [0.25, 0.3) is 0 Å². The number of ether oxygens (including phenoxy) is 1. The van der Waals surface area contributed by atoms with Crippen LogP contribution >= 0.6 is 0 Å². The van der Waals surface area contributed by atoms with Crippen molar-refractivity contribution in [2.75, 3.05) is 12.9 Å². The van der Waals surface area contributed by atoms with E-state index >= 15 is 0 Å². The highest BCUT2D eigenvalue weighted by Gasteiger charge is 2.18. The molecule has 0 aliphatic carbocycles. The minimum Gasteiger partial charge on any atom is -0.462 e. The second kappa shape index (κ2) is 6.39. The topological polar surface area (TPSA) is 60.4 Å². The first-order chi connectivity index (χ1) is 9.13. The fourth-order valence-electron chi connectivity index (χ4n) is 1.49. The maximum Gasteiger partial charge on any atom is 0.338 e. The molecule has 0 spiro atoms. The molecule has 1 aromatic rings. The summed E-state index contributed by atoms with van der Waals surface area (Å²) in [6.07, 6.45) is 2.11. The van der Waals surface area contributed by atoms with Crippen LogP contribution in [0.1, 0.15) is 43.1 Å². The van der Waals surface area contributed by atoms with Crippen LogP contribution in [0, 0.1) is 5.41 Å². The molecule has 0 aliphatic heterocycles. The van der Waals surface area contributed by atoms with E-state index in [1.54, 1.807) is 24.3 Å². The van der Waals surface area contributed by atoms with Crippen molar-refractivity contribution < 1.29 is 17.9 Å². The lowest BCUT2D eigenvalue weighted by atomic mass is 9.92. The van der Waals surface area contributed by atoms with Gasteiger partial charge in [0.15, 0.2) is 9.84 Å². The summed E-state index contributed by atoms with van der Waals surface area (Å²) in [5.74, 6) is -0.400. The number of carbonyl (C=O) groups is 1. The van der Waals surface area contributed by atoms with Crippen molar-refractivity contribution >= 4 is 15.8 Å². The van der Waals surface area contributed by atoms with Gasteiger partial charge in [-0.05, 0) is 29.5 Å². The molecule has 0 saturated carbocycles. The zero-order valence-electron chi connectivity index (χ0n) is 12.5. The Morgan fingerprint density at radius 2 is 1.75 bits per heavy atom. The molecule has 4 nitrogen and oxygen atoms in total. The summed E-state index contributed by atoms with van der Waals surface area (Å²) in [6, 6.07) is 6.48. The molecular formula is C15H22O4S. The molecule has 0 aliphatic rings. The smallest absolute Gasteiger partial charge is 0.338 e. The molecule has 0 heterocycles. The van der Waals surface area contributed by atoms with E-state index in [0.717, 1.165) is 6.42 Å². The largest absolute Gasteiger partial charge is 0.462 e. The average Bonchev–Trinajstić information content (AvgIpc) is 2.35. The third-order valence-electron chi connectivity index (χ3n) is 3.17. The number of esters is 1. The molecule has 112 valence electrons. The Kier molecular flexibility index (Phi) is 5.34. The monoisotopic (exact) mass is 298 g/mol. The van der Waals surface area contributed by atoms with Crippen LogP contribution in [-0.4, -0.2) is 27.2 Å². The molecular weight excluding hydrogens is 276 g/mol. The van der Waals surface area contributed by atoms with Gasteiger partial charge < -0.3 is 4.74 Å². The van der Waals surface area contributed by atoms with Gasteiger partial charge in [-0.1, -0.05) is 32.9 Å². The Morgan fingerprint density at radius 3 is 2.20 bits per heavy atom. The molecule has 0 atom stereocenters. The second-order valence-electron chi connectivity index (χ2n) is 5.86. The van der Waals surface area contributed by atoms with E-state index in [1.165, 1.54) is 6.26 Å². The number of carbonyl (C=O) groups excluding carboxylic acids is 1. The lowest BCUT2D eigenvalue weighted by Gasteiger charge is -2.21. The van der Waals surface area contributed by atoms with Gasteiger partial charge in [-0.3, -0.25) is 0 Å². The van der Waals surface area contributed by atoms with Crippen molar-refractivity contribution in [1.29, 1.82) is 0 Å². The SMILES string of the molecule is CCC(C)(C)COC(=O)c1ccc(CS(C)(=O)=O)cc1. The van der Waals surface area contributed by atoms with Crippen LogP contribution in [0.3, 0.4) is 0 Å². The first-order valence-electron chi connectivity index (χ1n) is 6.57. The average molecular weight is 298 g/mol. The van der Waals surface area contributed by atoms with Gasteiger partial charge in [-0.2, -0.15) is 0 Å². The Hall–Kier alpha value is -1.36. The first kappa shape index (κ1) is 16.7. The quantitative estimate of drug-likeness (QED) is 0.758. The summed E-state index contributed by atoms with van der Waals surface area (Å²) in [5, 5.41) is 0. The maximum atomic E-state index is 11.9. The van der Waals surface area contributed by atoms with E-state index in [4.69, 9.17) is 4.74 Å². The number of sulfone groups is 1. The maximum absolute atomic E-state index is 11.9. The summed E-state index contributed by atoms with van der Waals surface area (Å²) in [6.45, 7) is 6.49. The van der Waals surface area contributed by atoms with Crippen LogP contribution in [0.15, 0.2) is 24.3 Å². The summed E-state index contributed by atoms with van der Waals surface area (Å²) >= 11 is 0. The Labute approximate surface area is 121 Å². The molecule has 20 heavy (non-hydrogen) atoms. The van der Waals surface area contributed by atoms with E-state index in [9.17, 15) is 13.2 Å². The molecule has 1 rings (SSSR count). The Balaban J connectivity index is 2.67. The van der Waals surface area contributed by atoms with Crippen molar-refractivity contribution in [3.8, 4) is 0 Å². The molecule has 0 bridgehead atoms. The van der Waals surface area contributed by atoms with Gasteiger partial charge in [0.25, 0.3) is 0 Å². The van der Waals surface area contributed by atoms with E-state index < -0.39 is 9.84 Å². The Morgan fingerprint density at radius 1 is 1.20 bits per heavy atom. The normalized spacial score (nSPS) is 12.2. The highest BCUT2D eigenvalue weighted by atomic mass is 32.2. The molecule has 5 heteroatoms. The molecule has 0 amide bonds. The van der Waals surface area contributed by atoms with Gasteiger partial charge in [-0.25, -0.2) is 13.2 Å². The standard InChI is InChI=1S/C15H22O4S/c1-5-15(2,3)11-19-14(16)13-8-6-12(7-9-13)10-20(4,17)18/h6-9H,5,10-11H2,1-4H3. The Bertz CT molecular complexity index is 556. The second-order valence-corrected chi connectivity index (χ2v) is 8.00. The van der Waals surface area contributed by atoms with Gasteiger partial charge in [0.05, 0.1) is 17.9 Å². The molecule has 0 fully saturated rings. The summed E-state index contributed by atoms with van der Waals surface area (Å²) in [7, 11) is -3.06. The van der Waals surface area contributed by atoms with Gasteiger partial charge in [-0.15, -0.1) is 0 Å². The van der Waals surface area contributed by atoms with Crippen molar-refractivity contribution in [1.82, 2.24) is 0 Å². The summed E-state index contributed by atoms with van der Waals surface area (Å²) in [5.41, 5.74) is 1.07. The van der Waals surface area contributed by atoms with Crippen LogP contribution in [0.5, 0.6) is 0 Å². The minimum atomic E-state index is -3.06. The molecule has 0 N–H and O–H groups in total. The van der Waals surface area contributed by atoms with E-state index in [1.807, 2.05) is 20.8 Å². The predicted octanol–water partition coefficient (Wildman–Crippen LogP) is 2.82. The number of hydrogen-bond acceptors (Lipinski definition) is 4. The zero-order chi connectivity index (χ0) is 15.4. The van der Waals surface area contributed by atoms with E-state index in [0.29, 0.717) is 17.7 Å². The summed E-state index contributed by atoms with van der Waals surface area (Å²) < 4.78 is 27.6. The molecule has 0 aromatic heterocycles. The van der Waals surface area contributed by atoms with Gasteiger partial charge in [0.1, 0.15) is 0 Å². The van der Waals surface area contributed by atoms with Crippen LogP contribution < -0.4 is 0 Å². The minimum absolute atomic E-state index is 0.0226. The number of hydrogen-bond donors (Lipinski definition) is 0. The lowest BCUT2D eigenvalue weighted by Crippen LogP contribution is -2.21. The van der Waals surface area contributed by atoms with Gasteiger partial charge in [0, 0.05) is 6.26 Å². The molecule has 0 radical (unpaired) electrons. The fraction of sp³-hybridized carbons (Fsp3) is 0.533. The summed E-state index contributed by atoms with van der Waals surface area (Å²) in [4.78, 5) is 11.9.